The van der Waals surface area contributed by atoms with E-state index in [0.717, 1.165) is 13.0 Å². The fourth-order valence-electron chi connectivity index (χ4n) is 5.48. The first-order valence-electron chi connectivity index (χ1n) is 13.9. The van der Waals surface area contributed by atoms with E-state index < -0.39 is 17.7 Å². The molecule has 1 aromatic heterocycles. The molecule has 0 spiro atoms. The minimum atomic E-state index is -3.20. The van der Waals surface area contributed by atoms with Crippen molar-refractivity contribution in [2.75, 3.05) is 23.3 Å². The number of halogens is 2. The minimum Gasteiger partial charge on any atom is -0.488 e. The summed E-state index contributed by atoms with van der Waals surface area (Å²) in [6.07, 6.45) is 2.14. The number of hydrogen-bond acceptors (Lipinski definition) is 6. The Morgan fingerprint density at radius 3 is 2.56 bits per heavy atom. The smallest absolute Gasteiger partial charge is 0.298 e. The number of benzene rings is 3. The first-order chi connectivity index (χ1) is 20.8. The second kappa shape index (κ2) is 11.3. The van der Waals surface area contributed by atoms with Gasteiger partial charge in [-0.3, -0.25) is 14.3 Å². The van der Waals surface area contributed by atoms with E-state index in [4.69, 9.17) is 4.74 Å². The lowest BCUT2D eigenvalue weighted by molar-refractivity contribution is 0.0428. The van der Waals surface area contributed by atoms with E-state index in [9.17, 15) is 14.9 Å². The highest BCUT2D eigenvalue weighted by molar-refractivity contribution is 6.15. The van der Waals surface area contributed by atoms with Gasteiger partial charge in [-0.15, -0.1) is 0 Å². The summed E-state index contributed by atoms with van der Waals surface area (Å²) in [6.45, 7) is 3.67. The Labute approximate surface area is 246 Å². The highest BCUT2D eigenvalue weighted by Gasteiger charge is 2.37. The molecule has 0 unspecified atom stereocenters. The number of ether oxygens (including phenoxy) is 1. The maximum atomic E-state index is 15.1. The zero-order chi connectivity index (χ0) is 30.1. The van der Waals surface area contributed by atoms with Gasteiger partial charge in [0.2, 0.25) is 0 Å². The van der Waals surface area contributed by atoms with Crippen LogP contribution in [-0.2, 0) is 12.5 Å². The number of alkyl halides is 2. The number of nitrogens with zero attached hydrogens (tertiary/aromatic N) is 4. The van der Waals surface area contributed by atoms with Gasteiger partial charge >= 0.3 is 0 Å². The van der Waals surface area contributed by atoms with Gasteiger partial charge in [0.05, 0.1) is 29.9 Å². The fourth-order valence-corrected chi connectivity index (χ4v) is 5.48. The molecular weight excluding hydrogens is 554 g/mol. The molecule has 9 nitrogen and oxygen atoms in total. The number of rotatable bonds is 7. The molecule has 2 aliphatic rings. The van der Waals surface area contributed by atoms with E-state index in [1.54, 1.807) is 30.3 Å². The van der Waals surface area contributed by atoms with Crippen molar-refractivity contribution in [1.82, 2.24) is 15.1 Å². The largest absolute Gasteiger partial charge is 0.488 e. The first kappa shape index (κ1) is 28.1. The first-order valence-corrected chi connectivity index (χ1v) is 13.9. The lowest BCUT2D eigenvalue weighted by atomic mass is 9.99. The number of nitriles is 1. The minimum absolute atomic E-state index is 0.0283. The van der Waals surface area contributed by atoms with Crippen LogP contribution in [0, 0.1) is 11.3 Å². The van der Waals surface area contributed by atoms with Gasteiger partial charge in [0.25, 0.3) is 17.7 Å². The van der Waals surface area contributed by atoms with Crippen molar-refractivity contribution in [3.8, 4) is 11.8 Å². The molecule has 2 atom stereocenters. The van der Waals surface area contributed by atoms with Crippen molar-refractivity contribution < 1.29 is 23.1 Å². The lowest BCUT2D eigenvalue weighted by Crippen LogP contribution is -2.47. The Kier molecular flexibility index (Phi) is 7.38. The standard InChI is InChI=1S/C32H28F2N6O3/c1-20-19-39-29(31(42)40(20)25-10-7-23(8-11-25)32(33,34)22-5-3-2-4-6-22)27(18-37-39)30(41)38-24-9-12-28(21(15-24)16-35)43-26-13-14-36-17-26/h2-12,15,18,20,26,36H,13-14,17,19H2,1H3,(H,38,41)/t20-,26+/m0/s1. The van der Waals surface area contributed by atoms with E-state index in [2.05, 4.69) is 21.8 Å². The van der Waals surface area contributed by atoms with Crippen molar-refractivity contribution in [2.24, 2.45) is 0 Å². The maximum Gasteiger partial charge on any atom is 0.298 e. The molecule has 0 aliphatic carbocycles. The van der Waals surface area contributed by atoms with Crippen LogP contribution in [0.3, 0.4) is 0 Å². The number of hydrogen-bond donors (Lipinski definition) is 2. The molecule has 4 aromatic rings. The highest BCUT2D eigenvalue weighted by atomic mass is 19.3. The van der Waals surface area contributed by atoms with Gasteiger partial charge in [-0.2, -0.15) is 19.1 Å². The summed E-state index contributed by atoms with van der Waals surface area (Å²) in [5.74, 6) is -3.82. The summed E-state index contributed by atoms with van der Waals surface area (Å²) in [5, 5.41) is 19.9. The molecule has 2 aliphatic heterocycles. The van der Waals surface area contributed by atoms with E-state index >= 15 is 8.78 Å². The third-order valence-electron chi connectivity index (χ3n) is 7.69. The number of nitrogens with one attached hydrogen (secondary N) is 2. The predicted molar refractivity (Wildman–Crippen MR) is 155 cm³/mol. The third kappa shape index (κ3) is 5.33. The van der Waals surface area contributed by atoms with Crippen LogP contribution < -0.4 is 20.3 Å². The van der Waals surface area contributed by atoms with Crippen LogP contribution in [0.15, 0.2) is 79.0 Å². The number of carbonyl (C=O) groups excluding carboxylic acids is 2. The Balaban J connectivity index is 1.22. The summed E-state index contributed by atoms with van der Waals surface area (Å²) in [4.78, 5) is 28.6. The molecule has 11 heteroatoms. The predicted octanol–water partition coefficient (Wildman–Crippen LogP) is 4.94. The molecule has 0 saturated carbocycles. The van der Waals surface area contributed by atoms with Crippen LogP contribution in [-0.4, -0.2) is 46.8 Å². The van der Waals surface area contributed by atoms with E-state index in [-0.39, 0.29) is 40.1 Å². The van der Waals surface area contributed by atoms with Crippen molar-refractivity contribution >= 4 is 23.2 Å². The van der Waals surface area contributed by atoms with Crippen molar-refractivity contribution in [3.05, 3.63) is 107 Å². The zero-order valence-electron chi connectivity index (χ0n) is 23.3. The van der Waals surface area contributed by atoms with Gasteiger partial charge in [0, 0.05) is 29.0 Å². The quantitative estimate of drug-likeness (QED) is 0.320. The zero-order valence-corrected chi connectivity index (χ0v) is 23.3. The van der Waals surface area contributed by atoms with E-state index in [1.165, 1.54) is 58.2 Å². The van der Waals surface area contributed by atoms with Gasteiger partial charge < -0.3 is 20.3 Å². The highest BCUT2D eigenvalue weighted by Crippen LogP contribution is 2.37. The summed E-state index contributed by atoms with van der Waals surface area (Å²) in [6, 6.07) is 19.7. The van der Waals surface area contributed by atoms with Crippen molar-refractivity contribution in [3.63, 3.8) is 0 Å². The molecule has 2 N–H and O–H groups in total. The summed E-state index contributed by atoms with van der Waals surface area (Å²) < 4.78 is 37.6. The van der Waals surface area contributed by atoms with Crippen molar-refractivity contribution in [1.29, 1.82) is 5.26 Å². The average Bonchev–Trinajstić information content (AvgIpc) is 3.69. The summed E-state index contributed by atoms with van der Waals surface area (Å²) in [7, 11) is 0. The number of anilines is 2. The number of amides is 2. The van der Waals surface area contributed by atoms with Gasteiger partial charge in [-0.05, 0) is 50.2 Å². The molecule has 6 rings (SSSR count). The average molecular weight is 583 g/mol. The van der Waals surface area contributed by atoms with E-state index in [1.807, 2.05) is 6.92 Å². The molecule has 2 amide bonds. The van der Waals surface area contributed by atoms with Crippen LogP contribution in [0.4, 0.5) is 20.2 Å². The second-order valence-electron chi connectivity index (χ2n) is 10.6. The number of carbonyl (C=O) groups is 2. The van der Waals surface area contributed by atoms with Crippen LogP contribution in [0.25, 0.3) is 0 Å². The molecule has 218 valence electrons. The van der Waals surface area contributed by atoms with Crippen LogP contribution in [0.1, 0.15) is 50.9 Å². The maximum absolute atomic E-state index is 15.1. The van der Waals surface area contributed by atoms with Gasteiger partial charge in [-0.25, -0.2) is 0 Å². The molecule has 0 radical (unpaired) electrons. The van der Waals surface area contributed by atoms with Gasteiger partial charge in [0.1, 0.15) is 23.6 Å². The molecule has 1 fully saturated rings. The van der Waals surface area contributed by atoms with Crippen LogP contribution in [0.2, 0.25) is 0 Å². The topological polar surface area (TPSA) is 112 Å². The lowest BCUT2D eigenvalue weighted by Gasteiger charge is -2.34. The SMILES string of the molecule is C[C@H]1Cn2ncc(C(=O)Nc3ccc(O[C@@H]4CCNC4)c(C#N)c3)c2C(=O)N1c1ccc(C(F)(F)c2ccccc2)cc1. The molecule has 1 saturated heterocycles. The number of aromatic nitrogens is 2. The van der Waals surface area contributed by atoms with Crippen LogP contribution >= 0.6 is 0 Å². The third-order valence-corrected chi connectivity index (χ3v) is 7.69. The van der Waals surface area contributed by atoms with E-state index in [0.29, 0.717) is 30.2 Å². The molecule has 0 bridgehead atoms. The Morgan fingerprint density at radius 1 is 1.12 bits per heavy atom. The summed E-state index contributed by atoms with van der Waals surface area (Å²) >= 11 is 0. The monoisotopic (exact) mass is 582 g/mol. The summed E-state index contributed by atoms with van der Waals surface area (Å²) in [5.41, 5.74) is 0.891. The fraction of sp³-hybridized carbons (Fsp3) is 0.250. The molecule has 3 aromatic carbocycles. The normalized spacial score (nSPS) is 18.2. The Hall–Kier alpha value is -5.08. The second-order valence-corrected chi connectivity index (χ2v) is 10.6. The van der Waals surface area contributed by atoms with Crippen molar-refractivity contribution in [2.45, 2.75) is 38.0 Å². The molecule has 3 heterocycles. The number of fused-ring (bicyclic) bond motifs is 1. The Bertz CT molecular complexity index is 1710. The Morgan fingerprint density at radius 2 is 1.86 bits per heavy atom. The van der Waals surface area contributed by atoms with Gasteiger partial charge in [0.15, 0.2) is 0 Å². The van der Waals surface area contributed by atoms with Crippen LogP contribution in [0.5, 0.6) is 5.75 Å². The van der Waals surface area contributed by atoms with Gasteiger partial charge in [-0.1, -0.05) is 42.5 Å². The molecule has 43 heavy (non-hydrogen) atoms. The molecular formula is C32H28F2N6O3.